The molecule has 25 heavy (non-hydrogen) atoms. The summed E-state index contributed by atoms with van der Waals surface area (Å²) in [5.41, 5.74) is 2.37. The molecule has 0 fully saturated rings. The number of hydrogen-bond donors (Lipinski definition) is 2. The highest BCUT2D eigenvalue weighted by atomic mass is 16.5. The van der Waals surface area contributed by atoms with Crippen molar-refractivity contribution in [3.8, 4) is 5.75 Å². The zero-order valence-corrected chi connectivity index (χ0v) is 14.8. The van der Waals surface area contributed by atoms with Crippen molar-refractivity contribution in [3.63, 3.8) is 0 Å². The molecule has 0 spiro atoms. The standard InChI is InChI=1S/C19H24N2O4/c1-4-25-16-8-6-14(7-9-16)11-15(19(23)24)12-20-18(22)17-10-5-13(2)21(17)3/h5-10,15H,4,11-12H2,1-3H3,(H,20,22)(H,23,24). The summed E-state index contributed by atoms with van der Waals surface area (Å²) in [6.07, 6.45) is 0.341. The second-order valence-electron chi connectivity index (χ2n) is 5.95. The summed E-state index contributed by atoms with van der Waals surface area (Å²) in [6.45, 7) is 4.47. The quantitative estimate of drug-likeness (QED) is 0.771. The summed E-state index contributed by atoms with van der Waals surface area (Å²) in [7, 11) is 1.80. The Balaban J connectivity index is 1.97. The molecule has 0 aliphatic heterocycles. The van der Waals surface area contributed by atoms with Gasteiger partial charge in [0, 0.05) is 19.3 Å². The van der Waals surface area contributed by atoms with E-state index in [1.807, 2.05) is 44.2 Å². The fourth-order valence-electron chi connectivity index (χ4n) is 2.57. The number of carbonyl (C=O) groups excluding carboxylic acids is 1. The molecule has 1 amide bonds. The Kier molecular flexibility index (Phi) is 6.22. The minimum atomic E-state index is -0.933. The lowest BCUT2D eigenvalue weighted by Crippen LogP contribution is -2.34. The number of nitrogens with zero attached hydrogens (tertiary/aromatic N) is 1. The molecule has 0 saturated heterocycles. The zero-order chi connectivity index (χ0) is 18.4. The molecule has 1 atom stereocenters. The number of hydrogen-bond acceptors (Lipinski definition) is 3. The Hall–Kier alpha value is -2.76. The van der Waals surface area contributed by atoms with Crippen molar-refractivity contribution in [1.82, 2.24) is 9.88 Å². The normalized spacial score (nSPS) is 11.8. The van der Waals surface area contributed by atoms with Crippen molar-refractivity contribution >= 4 is 11.9 Å². The van der Waals surface area contributed by atoms with E-state index in [0.29, 0.717) is 18.7 Å². The van der Waals surface area contributed by atoms with E-state index in [1.54, 1.807) is 17.7 Å². The van der Waals surface area contributed by atoms with E-state index in [9.17, 15) is 14.7 Å². The molecule has 0 aliphatic rings. The molecule has 2 rings (SSSR count). The number of amides is 1. The lowest BCUT2D eigenvalue weighted by Gasteiger charge is -2.14. The molecular weight excluding hydrogens is 320 g/mol. The first-order valence-electron chi connectivity index (χ1n) is 8.27. The molecule has 0 bridgehead atoms. The number of aryl methyl sites for hydroxylation is 1. The SMILES string of the molecule is CCOc1ccc(CC(CNC(=O)c2ccc(C)n2C)C(=O)O)cc1. The Bertz CT molecular complexity index is 734. The molecule has 134 valence electrons. The number of carbonyl (C=O) groups is 2. The summed E-state index contributed by atoms with van der Waals surface area (Å²) in [5.74, 6) is -1.14. The molecule has 0 radical (unpaired) electrons. The van der Waals surface area contributed by atoms with Crippen LogP contribution in [0.25, 0.3) is 0 Å². The van der Waals surface area contributed by atoms with Crippen LogP contribution in [0.3, 0.4) is 0 Å². The monoisotopic (exact) mass is 344 g/mol. The number of carboxylic acid groups (broad SMARTS) is 1. The zero-order valence-electron chi connectivity index (χ0n) is 14.8. The molecule has 1 aromatic carbocycles. The first-order chi connectivity index (χ1) is 11.9. The first-order valence-corrected chi connectivity index (χ1v) is 8.27. The Morgan fingerprint density at radius 3 is 2.40 bits per heavy atom. The number of rotatable bonds is 8. The molecule has 6 nitrogen and oxygen atoms in total. The molecule has 0 aliphatic carbocycles. The van der Waals surface area contributed by atoms with Crippen molar-refractivity contribution in [2.24, 2.45) is 13.0 Å². The summed E-state index contributed by atoms with van der Waals surface area (Å²) < 4.78 is 7.15. The Morgan fingerprint density at radius 2 is 1.88 bits per heavy atom. The molecule has 2 aromatic rings. The van der Waals surface area contributed by atoms with Crippen molar-refractivity contribution in [2.75, 3.05) is 13.2 Å². The van der Waals surface area contributed by atoms with Gasteiger partial charge in [-0.15, -0.1) is 0 Å². The van der Waals surface area contributed by atoms with Gasteiger partial charge >= 0.3 is 5.97 Å². The third-order valence-corrected chi connectivity index (χ3v) is 4.18. The summed E-state index contributed by atoms with van der Waals surface area (Å²) in [6, 6.07) is 10.9. The Morgan fingerprint density at radius 1 is 1.20 bits per heavy atom. The maximum atomic E-state index is 12.2. The lowest BCUT2D eigenvalue weighted by atomic mass is 9.99. The van der Waals surface area contributed by atoms with Crippen LogP contribution in [-0.4, -0.2) is 34.7 Å². The predicted octanol–water partition coefficient (Wildman–Crippen LogP) is 2.41. The minimum Gasteiger partial charge on any atom is -0.494 e. The fraction of sp³-hybridized carbons (Fsp3) is 0.368. The highest BCUT2D eigenvalue weighted by Crippen LogP contribution is 2.15. The number of ether oxygens (including phenoxy) is 1. The topological polar surface area (TPSA) is 80.6 Å². The van der Waals surface area contributed by atoms with Crippen molar-refractivity contribution in [1.29, 1.82) is 0 Å². The Labute approximate surface area is 147 Å². The number of nitrogens with one attached hydrogen (secondary N) is 1. The largest absolute Gasteiger partial charge is 0.494 e. The highest BCUT2D eigenvalue weighted by molar-refractivity contribution is 5.93. The van der Waals surface area contributed by atoms with Crippen LogP contribution in [0.2, 0.25) is 0 Å². The van der Waals surface area contributed by atoms with E-state index in [1.165, 1.54) is 0 Å². The van der Waals surface area contributed by atoms with Crippen LogP contribution < -0.4 is 10.1 Å². The van der Waals surface area contributed by atoms with Crippen molar-refractivity contribution in [2.45, 2.75) is 20.3 Å². The number of carboxylic acids is 1. The van der Waals surface area contributed by atoms with Gasteiger partial charge in [-0.1, -0.05) is 12.1 Å². The van der Waals surface area contributed by atoms with Crippen LogP contribution in [0.4, 0.5) is 0 Å². The van der Waals surface area contributed by atoms with Crippen molar-refractivity contribution < 1.29 is 19.4 Å². The molecule has 6 heteroatoms. The van der Waals surface area contributed by atoms with E-state index < -0.39 is 11.9 Å². The van der Waals surface area contributed by atoms with Gasteiger partial charge in [-0.3, -0.25) is 9.59 Å². The molecule has 1 unspecified atom stereocenters. The van der Waals surface area contributed by atoms with E-state index in [2.05, 4.69) is 5.32 Å². The second kappa shape index (κ2) is 8.37. The number of benzene rings is 1. The highest BCUT2D eigenvalue weighted by Gasteiger charge is 2.20. The maximum absolute atomic E-state index is 12.2. The minimum absolute atomic E-state index is 0.0750. The molecular formula is C19H24N2O4. The van der Waals surface area contributed by atoms with Crippen LogP contribution in [-0.2, 0) is 18.3 Å². The van der Waals surface area contributed by atoms with Gasteiger partial charge in [0.05, 0.1) is 12.5 Å². The maximum Gasteiger partial charge on any atom is 0.308 e. The van der Waals surface area contributed by atoms with Gasteiger partial charge in [-0.25, -0.2) is 0 Å². The van der Waals surface area contributed by atoms with E-state index in [0.717, 1.165) is 17.0 Å². The first kappa shape index (κ1) is 18.6. The molecule has 1 aromatic heterocycles. The molecule has 1 heterocycles. The van der Waals surface area contributed by atoms with Gasteiger partial charge in [0.15, 0.2) is 0 Å². The van der Waals surface area contributed by atoms with Gasteiger partial charge in [-0.05, 0) is 50.1 Å². The summed E-state index contributed by atoms with van der Waals surface area (Å²) in [5, 5.41) is 12.2. The predicted molar refractivity (Wildman–Crippen MR) is 94.9 cm³/mol. The number of aromatic nitrogens is 1. The smallest absolute Gasteiger partial charge is 0.308 e. The fourth-order valence-corrected chi connectivity index (χ4v) is 2.57. The van der Waals surface area contributed by atoms with Gasteiger partial charge in [0.1, 0.15) is 11.4 Å². The second-order valence-corrected chi connectivity index (χ2v) is 5.95. The van der Waals surface area contributed by atoms with Crippen LogP contribution in [0.15, 0.2) is 36.4 Å². The van der Waals surface area contributed by atoms with Crippen LogP contribution in [0.5, 0.6) is 5.75 Å². The average Bonchev–Trinajstić information content (AvgIpc) is 2.92. The van der Waals surface area contributed by atoms with Crippen LogP contribution in [0.1, 0.15) is 28.7 Å². The average molecular weight is 344 g/mol. The number of aliphatic carboxylic acids is 1. The van der Waals surface area contributed by atoms with Gasteiger partial charge < -0.3 is 19.7 Å². The third kappa shape index (κ3) is 4.86. The molecule has 0 saturated carbocycles. The van der Waals surface area contributed by atoms with Gasteiger partial charge in [0.25, 0.3) is 5.91 Å². The summed E-state index contributed by atoms with van der Waals surface area (Å²) in [4.78, 5) is 23.7. The van der Waals surface area contributed by atoms with Gasteiger partial charge in [-0.2, -0.15) is 0 Å². The van der Waals surface area contributed by atoms with Crippen LogP contribution >= 0.6 is 0 Å². The molecule has 2 N–H and O–H groups in total. The van der Waals surface area contributed by atoms with Crippen molar-refractivity contribution in [3.05, 3.63) is 53.3 Å². The lowest BCUT2D eigenvalue weighted by molar-refractivity contribution is -0.141. The summed E-state index contributed by atoms with van der Waals surface area (Å²) >= 11 is 0. The van der Waals surface area contributed by atoms with E-state index >= 15 is 0 Å². The third-order valence-electron chi connectivity index (χ3n) is 4.18. The van der Waals surface area contributed by atoms with Gasteiger partial charge in [0.2, 0.25) is 0 Å². The van der Waals surface area contributed by atoms with Crippen LogP contribution in [0, 0.1) is 12.8 Å². The van der Waals surface area contributed by atoms with E-state index in [-0.39, 0.29) is 12.5 Å². The van der Waals surface area contributed by atoms with E-state index in [4.69, 9.17) is 4.74 Å².